The zero-order valence-electron chi connectivity index (χ0n) is 19.1. The molecule has 2 heterocycles. The van der Waals surface area contributed by atoms with Gasteiger partial charge in [0.2, 0.25) is 0 Å². The lowest BCUT2D eigenvalue weighted by molar-refractivity contribution is 0.250. The Hall–Kier alpha value is -3.29. The van der Waals surface area contributed by atoms with Gasteiger partial charge in [-0.2, -0.15) is 0 Å². The molecule has 32 heavy (non-hydrogen) atoms. The largest absolute Gasteiger partial charge is 0.373 e. The topological polar surface area (TPSA) is 78.9 Å². The van der Waals surface area contributed by atoms with Crippen LogP contribution in [0.15, 0.2) is 30.5 Å². The van der Waals surface area contributed by atoms with E-state index in [2.05, 4.69) is 46.7 Å². The number of hydrogen-bond acceptors (Lipinski definition) is 4. The normalized spacial score (nSPS) is 11.5. The van der Waals surface area contributed by atoms with Gasteiger partial charge in [0.25, 0.3) is 0 Å². The fourth-order valence-corrected chi connectivity index (χ4v) is 3.32. The molecule has 3 aromatic rings. The highest BCUT2D eigenvalue weighted by atomic mass is 19.1. The third-order valence-electron chi connectivity index (χ3n) is 5.12. The molecular formula is C24H29F2N5O. The van der Waals surface area contributed by atoms with Crippen molar-refractivity contribution in [3.05, 3.63) is 47.8 Å². The summed E-state index contributed by atoms with van der Waals surface area (Å²) in [5.41, 5.74) is 2.05. The monoisotopic (exact) mass is 441 g/mol. The van der Waals surface area contributed by atoms with Crippen LogP contribution in [-0.4, -0.2) is 29.6 Å². The fraction of sp³-hybridized carbons (Fsp3) is 0.375. The molecule has 0 bridgehead atoms. The van der Waals surface area contributed by atoms with E-state index in [9.17, 15) is 13.6 Å². The number of carbonyl (C=O) groups is 1. The third kappa shape index (κ3) is 5.49. The van der Waals surface area contributed by atoms with Gasteiger partial charge in [-0.25, -0.2) is 18.6 Å². The molecule has 1 aromatic carbocycles. The van der Waals surface area contributed by atoms with Crippen molar-refractivity contribution in [3.8, 4) is 11.1 Å². The number of rotatable bonds is 6. The van der Waals surface area contributed by atoms with E-state index in [-0.39, 0.29) is 16.7 Å². The molecule has 0 aliphatic carbocycles. The highest BCUT2D eigenvalue weighted by Gasteiger charge is 2.18. The molecule has 0 aliphatic heterocycles. The molecule has 0 aliphatic rings. The number of amides is 2. The number of nitrogens with zero attached hydrogens (tertiary/aromatic N) is 2. The van der Waals surface area contributed by atoms with Gasteiger partial charge >= 0.3 is 6.03 Å². The molecule has 0 unspecified atom stereocenters. The standard InChI is InChI=1S/C24H29F2N5O/c1-6-19-16(9-14-13-29-22(27-5)12-20(14)30-19)15-10-21(18(26)11-17(15)25)31-23(32)28-8-7-24(2,3)4/h9-13H,6-8H2,1-5H3,(H,27,29)(H2,28,31,32). The van der Waals surface area contributed by atoms with Crippen molar-refractivity contribution < 1.29 is 13.6 Å². The van der Waals surface area contributed by atoms with Crippen LogP contribution >= 0.6 is 0 Å². The number of anilines is 2. The van der Waals surface area contributed by atoms with Gasteiger partial charge in [-0.05, 0) is 30.4 Å². The van der Waals surface area contributed by atoms with Crippen LogP contribution in [0.3, 0.4) is 0 Å². The van der Waals surface area contributed by atoms with E-state index in [0.29, 0.717) is 30.0 Å². The summed E-state index contributed by atoms with van der Waals surface area (Å²) in [7, 11) is 1.77. The van der Waals surface area contributed by atoms with Gasteiger partial charge in [0.05, 0.1) is 11.2 Å². The van der Waals surface area contributed by atoms with Gasteiger partial charge in [0.15, 0.2) is 0 Å². The minimum atomic E-state index is -0.843. The van der Waals surface area contributed by atoms with Crippen molar-refractivity contribution in [2.75, 3.05) is 24.2 Å². The SMILES string of the molecule is CCc1nc2cc(NC)ncc2cc1-c1cc(NC(=O)NCCC(C)(C)C)c(F)cc1F. The second kappa shape index (κ2) is 9.46. The van der Waals surface area contributed by atoms with Crippen LogP contribution < -0.4 is 16.0 Å². The lowest BCUT2D eigenvalue weighted by Crippen LogP contribution is -2.31. The first-order valence-corrected chi connectivity index (χ1v) is 10.6. The molecule has 2 amide bonds. The highest BCUT2D eigenvalue weighted by molar-refractivity contribution is 5.91. The quantitative estimate of drug-likeness (QED) is 0.456. The Morgan fingerprint density at radius 3 is 2.47 bits per heavy atom. The molecule has 0 saturated heterocycles. The molecule has 3 rings (SSSR count). The van der Waals surface area contributed by atoms with Gasteiger partial charge in [0.1, 0.15) is 17.5 Å². The number of benzene rings is 1. The number of pyridine rings is 2. The highest BCUT2D eigenvalue weighted by Crippen LogP contribution is 2.33. The smallest absolute Gasteiger partial charge is 0.319 e. The summed E-state index contributed by atoms with van der Waals surface area (Å²) in [4.78, 5) is 21.2. The van der Waals surface area contributed by atoms with Crippen molar-refractivity contribution in [2.45, 2.75) is 40.5 Å². The Labute approximate surface area is 186 Å². The minimum Gasteiger partial charge on any atom is -0.373 e. The molecule has 6 nitrogen and oxygen atoms in total. The van der Waals surface area contributed by atoms with Crippen LogP contribution in [0.2, 0.25) is 0 Å². The lowest BCUT2D eigenvalue weighted by atomic mass is 9.92. The first-order valence-electron chi connectivity index (χ1n) is 10.6. The maximum atomic E-state index is 14.8. The zero-order valence-corrected chi connectivity index (χ0v) is 19.1. The van der Waals surface area contributed by atoms with Crippen LogP contribution in [0.4, 0.5) is 25.1 Å². The molecule has 0 fully saturated rings. The van der Waals surface area contributed by atoms with Crippen molar-refractivity contribution in [2.24, 2.45) is 5.41 Å². The number of hydrogen-bond donors (Lipinski definition) is 3. The van der Waals surface area contributed by atoms with Crippen LogP contribution in [0, 0.1) is 17.0 Å². The first-order chi connectivity index (χ1) is 15.1. The van der Waals surface area contributed by atoms with Crippen molar-refractivity contribution in [3.63, 3.8) is 0 Å². The summed E-state index contributed by atoms with van der Waals surface area (Å²) >= 11 is 0. The molecule has 3 N–H and O–H groups in total. The Morgan fingerprint density at radius 1 is 1.06 bits per heavy atom. The summed E-state index contributed by atoms with van der Waals surface area (Å²) in [6, 6.07) is 5.16. The van der Waals surface area contributed by atoms with E-state index in [0.717, 1.165) is 23.4 Å². The Morgan fingerprint density at radius 2 is 1.81 bits per heavy atom. The van der Waals surface area contributed by atoms with Gasteiger partial charge in [0, 0.05) is 54.1 Å². The lowest BCUT2D eigenvalue weighted by Gasteiger charge is -2.18. The van der Waals surface area contributed by atoms with Gasteiger partial charge < -0.3 is 16.0 Å². The fourth-order valence-electron chi connectivity index (χ4n) is 3.32. The summed E-state index contributed by atoms with van der Waals surface area (Å²) in [6.45, 7) is 8.56. The van der Waals surface area contributed by atoms with Gasteiger partial charge in [-0.1, -0.05) is 27.7 Å². The van der Waals surface area contributed by atoms with Crippen LogP contribution in [-0.2, 0) is 6.42 Å². The van der Waals surface area contributed by atoms with Crippen LogP contribution in [0.25, 0.3) is 22.0 Å². The number of aryl methyl sites for hydroxylation is 1. The zero-order chi connectivity index (χ0) is 23.5. The minimum absolute atomic E-state index is 0.0595. The van der Waals surface area contributed by atoms with E-state index in [1.165, 1.54) is 6.07 Å². The van der Waals surface area contributed by atoms with E-state index in [1.807, 2.05) is 13.0 Å². The van der Waals surface area contributed by atoms with Gasteiger partial charge in [-0.15, -0.1) is 0 Å². The average Bonchev–Trinajstić information content (AvgIpc) is 2.73. The number of aromatic nitrogens is 2. The molecular weight excluding hydrogens is 412 g/mol. The Balaban J connectivity index is 1.94. The first kappa shape index (κ1) is 23.4. The third-order valence-corrected chi connectivity index (χ3v) is 5.12. The molecule has 2 aromatic heterocycles. The number of carbonyl (C=O) groups excluding carboxylic acids is 1. The second-order valence-electron chi connectivity index (χ2n) is 8.85. The van der Waals surface area contributed by atoms with Gasteiger partial charge in [-0.3, -0.25) is 4.98 Å². The van der Waals surface area contributed by atoms with E-state index in [1.54, 1.807) is 19.3 Å². The molecule has 0 atom stereocenters. The molecule has 0 radical (unpaired) electrons. The Bertz CT molecular complexity index is 1140. The molecule has 170 valence electrons. The summed E-state index contributed by atoms with van der Waals surface area (Å²) in [5, 5.41) is 8.90. The van der Waals surface area contributed by atoms with Crippen molar-refractivity contribution in [1.29, 1.82) is 0 Å². The average molecular weight is 442 g/mol. The summed E-state index contributed by atoms with van der Waals surface area (Å²) < 4.78 is 29.2. The van der Waals surface area contributed by atoms with E-state index in [4.69, 9.17) is 0 Å². The summed E-state index contributed by atoms with van der Waals surface area (Å²) in [5.74, 6) is -0.891. The number of urea groups is 1. The Kier molecular flexibility index (Phi) is 6.91. The maximum absolute atomic E-state index is 14.8. The molecule has 0 saturated carbocycles. The van der Waals surface area contributed by atoms with E-state index >= 15 is 0 Å². The maximum Gasteiger partial charge on any atom is 0.319 e. The van der Waals surface area contributed by atoms with Crippen LogP contribution in [0.5, 0.6) is 0 Å². The predicted octanol–water partition coefficient (Wildman–Crippen LogP) is 5.74. The number of fused-ring (bicyclic) bond motifs is 1. The van der Waals surface area contributed by atoms with Crippen LogP contribution in [0.1, 0.15) is 39.8 Å². The van der Waals surface area contributed by atoms with Crippen molar-refractivity contribution >= 4 is 28.4 Å². The second-order valence-corrected chi connectivity index (χ2v) is 8.85. The molecule has 8 heteroatoms. The number of halogens is 2. The number of nitrogens with one attached hydrogen (secondary N) is 3. The molecule has 0 spiro atoms. The summed E-state index contributed by atoms with van der Waals surface area (Å²) in [6.07, 6.45) is 2.97. The van der Waals surface area contributed by atoms with Crippen molar-refractivity contribution in [1.82, 2.24) is 15.3 Å². The van der Waals surface area contributed by atoms with E-state index < -0.39 is 17.7 Å². The predicted molar refractivity (Wildman–Crippen MR) is 125 cm³/mol.